The Morgan fingerprint density at radius 3 is 2.26 bits per heavy atom. The number of nitrogens with one attached hydrogen (secondary N) is 1. The van der Waals surface area contributed by atoms with Gasteiger partial charge >= 0.3 is 0 Å². The van der Waals surface area contributed by atoms with Gasteiger partial charge in [0.15, 0.2) is 0 Å². The number of anilines is 2. The number of hydrogen-bond acceptors (Lipinski definition) is 5. The Bertz CT molecular complexity index is 950. The summed E-state index contributed by atoms with van der Waals surface area (Å²) in [6.45, 7) is -0.461. The molecule has 0 radical (unpaired) electrons. The van der Waals surface area contributed by atoms with Gasteiger partial charge in [0.25, 0.3) is 0 Å². The molecule has 1 amide bonds. The first-order valence-electron chi connectivity index (χ1n) is 7.60. The van der Waals surface area contributed by atoms with Crippen LogP contribution in [0.25, 0.3) is 0 Å². The normalized spacial score (nSPS) is 11.0. The van der Waals surface area contributed by atoms with Crippen molar-refractivity contribution in [3.63, 3.8) is 0 Å². The number of amides is 1. The number of halogens is 2. The summed E-state index contributed by atoms with van der Waals surface area (Å²) < 4.78 is 35.5. The molecule has 0 aliphatic heterocycles. The standard InChI is InChI=1S/C17H18Cl2N2O5S/c1-25-15-7-5-12(9-13(15)19)21(27(3,23)24)10-17(22)20-14-8-11(18)4-6-16(14)26-2/h4-9H,10H2,1-3H3,(H,20,22). The van der Waals surface area contributed by atoms with Crippen molar-refractivity contribution in [2.45, 2.75) is 0 Å². The largest absolute Gasteiger partial charge is 0.495 e. The van der Waals surface area contributed by atoms with Crippen molar-refractivity contribution in [1.82, 2.24) is 0 Å². The second-order valence-electron chi connectivity index (χ2n) is 5.48. The van der Waals surface area contributed by atoms with E-state index in [2.05, 4.69) is 5.32 Å². The molecule has 10 heteroatoms. The summed E-state index contributed by atoms with van der Waals surface area (Å²) in [4.78, 5) is 12.5. The van der Waals surface area contributed by atoms with Gasteiger partial charge in [-0.15, -0.1) is 0 Å². The van der Waals surface area contributed by atoms with Gasteiger partial charge < -0.3 is 14.8 Å². The second kappa shape index (κ2) is 8.69. The molecule has 7 nitrogen and oxygen atoms in total. The van der Waals surface area contributed by atoms with E-state index in [1.807, 2.05) is 0 Å². The van der Waals surface area contributed by atoms with Gasteiger partial charge in [-0.25, -0.2) is 8.42 Å². The molecular weight excluding hydrogens is 415 g/mol. The maximum absolute atomic E-state index is 12.5. The Hall–Kier alpha value is -2.16. The molecule has 0 bridgehead atoms. The quantitative estimate of drug-likeness (QED) is 0.724. The monoisotopic (exact) mass is 432 g/mol. The highest BCUT2D eigenvalue weighted by Gasteiger charge is 2.22. The summed E-state index contributed by atoms with van der Waals surface area (Å²) in [6.07, 6.45) is 0.998. The lowest BCUT2D eigenvalue weighted by Gasteiger charge is -2.22. The number of rotatable bonds is 7. The predicted octanol–water partition coefficient (Wildman–Crippen LogP) is 3.42. The van der Waals surface area contributed by atoms with Crippen LogP contribution in [0.3, 0.4) is 0 Å². The van der Waals surface area contributed by atoms with Gasteiger partial charge in [0.05, 0.1) is 36.9 Å². The highest BCUT2D eigenvalue weighted by molar-refractivity contribution is 7.92. The average Bonchev–Trinajstić information content (AvgIpc) is 2.59. The third-order valence-electron chi connectivity index (χ3n) is 3.55. The van der Waals surface area contributed by atoms with E-state index in [0.717, 1.165) is 10.6 Å². The van der Waals surface area contributed by atoms with Gasteiger partial charge in [-0.05, 0) is 36.4 Å². The zero-order valence-electron chi connectivity index (χ0n) is 14.8. The lowest BCUT2D eigenvalue weighted by molar-refractivity contribution is -0.114. The van der Waals surface area contributed by atoms with Crippen molar-refractivity contribution in [3.8, 4) is 11.5 Å². The molecule has 0 aliphatic carbocycles. The van der Waals surface area contributed by atoms with E-state index in [9.17, 15) is 13.2 Å². The van der Waals surface area contributed by atoms with Crippen LogP contribution in [0.15, 0.2) is 36.4 Å². The Kier molecular flexibility index (Phi) is 6.80. The number of ether oxygens (including phenoxy) is 2. The minimum atomic E-state index is -3.75. The van der Waals surface area contributed by atoms with Crippen molar-refractivity contribution >= 4 is 50.5 Å². The van der Waals surface area contributed by atoms with Crippen LogP contribution in [0.1, 0.15) is 0 Å². The molecule has 0 saturated heterocycles. The number of benzene rings is 2. The zero-order valence-corrected chi connectivity index (χ0v) is 17.2. The molecule has 2 rings (SSSR count). The SMILES string of the molecule is COc1ccc(N(CC(=O)Nc2cc(Cl)ccc2OC)S(C)(=O)=O)cc1Cl. The number of nitrogens with zero attached hydrogens (tertiary/aromatic N) is 1. The van der Waals surface area contributed by atoms with Gasteiger partial charge in [0.1, 0.15) is 18.0 Å². The first-order chi connectivity index (χ1) is 12.7. The van der Waals surface area contributed by atoms with Crippen LogP contribution in [0, 0.1) is 0 Å². The highest BCUT2D eigenvalue weighted by Crippen LogP contribution is 2.31. The molecule has 0 aliphatic rings. The van der Waals surface area contributed by atoms with Gasteiger partial charge in [0.2, 0.25) is 15.9 Å². The minimum Gasteiger partial charge on any atom is -0.495 e. The third kappa shape index (κ3) is 5.41. The second-order valence-corrected chi connectivity index (χ2v) is 8.23. The van der Waals surface area contributed by atoms with Crippen LogP contribution in [-0.2, 0) is 14.8 Å². The average molecular weight is 433 g/mol. The van der Waals surface area contributed by atoms with Crippen molar-refractivity contribution in [3.05, 3.63) is 46.4 Å². The molecule has 0 aromatic heterocycles. The Labute approximate surface area is 167 Å². The topological polar surface area (TPSA) is 84.9 Å². The van der Waals surface area contributed by atoms with Crippen LogP contribution < -0.4 is 19.1 Å². The Balaban J connectivity index is 2.28. The molecular formula is C17H18Cl2N2O5S. The summed E-state index contributed by atoms with van der Waals surface area (Å²) >= 11 is 12.0. The number of carbonyl (C=O) groups is 1. The molecule has 0 fully saturated rings. The molecule has 0 spiro atoms. The van der Waals surface area contributed by atoms with E-state index < -0.39 is 22.5 Å². The fraction of sp³-hybridized carbons (Fsp3) is 0.235. The number of methoxy groups -OCH3 is 2. The summed E-state index contributed by atoms with van der Waals surface area (Å²) in [5.41, 5.74) is 0.563. The lowest BCUT2D eigenvalue weighted by atomic mass is 10.2. The molecule has 146 valence electrons. The first-order valence-corrected chi connectivity index (χ1v) is 10.2. The van der Waals surface area contributed by atoms with Gasteiger partial charge in [-0.2, -0.15) is 0 Å². The molecule has 1 N–H and O–H groups in total. The Morgan fingerprint density at radius 2 is 1.70 bits per heavy atom. The molecule has 0 unspecified atom stereocenters. The maximum atomic E-state index is 12.5. The lowest BCUT2D eigenvalue weighted by Crippen LogP contribution is -2.37. The van der Waals surface area contributed by atoms with E-state index in [1.54, 1.807) is 12.1 Å². The first kappa shape index (κ1) is 21.1. The smallest absolute Gasteiger partial charge is 0.245 e. The van der Waals surface area contributed by atoms with Crippen molar-refractivity contribution in [2.75, 3.05) is 36.6 Å². The number of carbonyl (C=O) groups excluding carboxylic acids is 1. The van der Waals surface area contributed by atoms with Gasteiger partial charge in [0, 0.05) is 5.02 Å². The predicted molar refractivity (Wildman–Crippen MR) is 107 cm³/mol. The van der Waals surface area contributed by atoms with E-state index in [1.165, 1.54) is 38.5 Å². The van der Waals surface area contributed by atoms with Crippen LogP contribution in [0.2, 0.25) is 10.0 Å². The van der Waals surface area contributed by atoms with Crippen LogP contribution in [-0.4, -0.2) is 41.3 Å². The van der Waals surface area contributed by atoms with E-state index in [-0.39, 0.29) is 10.7 Å². The molecule has 0 heterocycles. The summed E-state index contributed by atoms with van der Waals surface area (Å²) in [5, 5.41) is 3.22. The fourth-order valence-corrected chi connectivity index (χ4v) is 3.58. The van der Waals surface area contributed by atoms with E-state index >= 15 is 0 Å². The van der Waals surface area contributed by atoms with Crippen LogP contribution in [0.4, 0.5) is 11.4 Å². The molecule has 2 aromatic rings. The van der Waals surface area contributed by atoms with Crippen LogP contribution >= 0.6 is 23.2 Å². The molecule has 0 saturated carbocycles. The number of hydrogen-bond donors (Lipinski definition) is 1. The van der Waals surface area contributed by atoms with Crippen molar-refractivity contribution in [1.29, 1.82) is 0 Å². The van der Waals surface area contributed by atoms with Crippen molar-refractivity contribution < 1.29 is 22.7 Å². The van der Waals surface area contributed by atoms with Gasteiger partial charge in [-0.1, -0.05) is 23.2 Å². The summed E-state index contributed by atoms with van der Waals surface area (Å²) in [6, 6.07) is 9.14. The summed E-state index contributed by atoms with van der Waals surface area (Å²) in [5.74, 6) is 0.209. The van der Waals surface area contributed by atoms with E-state index in [0.29, 0.717) is 22.2 Å². The molecule has 27 heavy (non-hydrogen) atoms. The van der Waals surface area contributed by atoms with E-state index in [4.69, 9.17) is 32.7 Å². The van der Waals surface area contributed by atoms with Gasteiger partial charge in [-0.3, -0.25) is 9.10 Å². The zero-order chi connectivity index (χ0) is 20.2. The molecule has 2 aromatic carbocycles. The highest BCUT2D eigenvalue weighted by atomic mass is 35.5. The summed E-state index contributed by atoms with van der Waals surface area (Å²) in [7, 11) is -0.859. The molecule has 0 atom stereocenters. The Morgan fingerprint density at radius 1 is 1.07 bits per heavy atom. The minimum absolute atomic E-state index is 0.223. The fourth-order valence-electron chi connectivity index (χ4n) is 2.31. The number of sulfonamides is 1. The third-order valence-corrected chi connectivity index (χ3v) is 5.22. The van der Waals surface area contributed by atoms with Crippen LogP contribution in [0.5, 0.6) is 11.5 Å². The van der Waals surface area contributed by atoms with Crippen molar-refractivity contribution in [2.24, 2.45) is 0 Å². The maximum Gasteiger partial charge on any atom is 0.245 e.